The summed E-state index contributed by atoms with van der Waals surface area (Å²) in [6, 6.07) is 0. The monoisotopic (exact) mass is 1400 g/mol. The standard InChI is InChI=1S/C90H173NO8/c1-6-8-10-12-14-16-18-20-22-24-26-28-30-32-34-36-38-40-42-43-44-45-47-48-50-52-54-56-58-60-62-64-66-68-70-72-74-76-78-80-87(92)97-84-86(85-98-90(89(94)95)96-83-82-91(3,4)5)99-88(93)81-79-77-75-73-71-69-67-65-63-61-59-57-55-53-51-49-46-41-39-37-35-33-31-29-27-25-23-21-19-17-15-13-11-9-7-2/h19,21,25,27,86,90H,6-18,20,22-24,26,28-85H2,1-5H3/p+1/b21-19-,27-25-. The van der Waals surface area contributed by atoms with Crippen molar-refractivity contribution >= 4 is 17.9 Å². The summed E-state index contributed by atoms with van der Waals surface area (Å²) in [5.74, 6) is -1.96. The minimum absolute atomic E-state index is 0.173. The average molecular weight is 1400 g/mol. The number of carbonyl (C=O) groups is 3. The lowest BCUT2D eigenvalue weighted by atomic mass is 10.0. The minimum atomic E-state index is -1.51. The molecule has 0 rings (SSSR count). The van der Waals surface area contributed by atoms with E-state index in [2.05, 4.69) is 38.2 Å². The number of hydrogen-bond acceptors (Lipinski definition) is 7. The Morgan fingerprint density at radius 3 is 0.798 bits per heavy atom. The summed E-state index contributed by atoms with van der Waals surface area (Å²) in [5, 5.41) is 9.79. The number of hydrogen-bond donors (Lipinski definition) is 1. The van der Waals surface area contributed by atoms with Gasteiger partial charge in [0.15, 0.2) is 6.10 Å². The molecule has 0 spiro atoms. The van der Waals surface area contributed by atoms with E-state index < -0.39 is 18.4 Å². The van der Waals surface area contributed by atoms with Gasteiger partial charge in [0.2, 0.25) is 0 Å². The highest BCUT2D eigenvalue weighted by Crippen LogP contribution is 2.21. The highest BCUT2D eigenvalue weighted by molar-refractivity contribution is 5.71. The third-order valence-electron chi connectivity index (χ3n) is 20.7. The van der Waals surface area contributed by atoms with E-state index in [4.69, 9.17) is 18.9 Å². The summed E-state index contributed by atoms with van der Waals surface area (Å²) < 4.78 is 23.1. The number of unbranched alkanes of at least 4 members (excludes halogenated alkanes) is 66. The lowest BCUT2D eigenvalue weighted by Crippen LogP contribution is -2.40. The van der Waals surface area contributed by atoms with Crippen molar-refractivity contribution in [3.05, 3.63) is 24.3 Å². The molecule has 9 nitrogen and oxygen atoms in total. The Labute approximate surface area is 618 Å². The Hall–Kier alpha value is -2.23. The molecule has 0 saturated heterocycles. The first-order valence-corrected chi connectivity index (χ1v) is 44.5. The number of quaternary nitrogens is 1. The Balaban J connectivity index is 3.89. The minimum Gasteiger partial charge on any atom is -0.477 e. The Morgan fingerprint density at radius 1 is 0.303 bits per heavy atom. The summed E-state index contributed by atoms with van der Waals surface area (Å²) >= 11 is 0. The van der Waals surface area contributed by atoms with Gasteiger partial charge in [0.05, 0.1) is 34.4 Å². The van der Waals surface area contributed by atoms with Crippen molar-refractivity contribution < 1.29 is 42.9 Å². The summed E-state index contributed by atoms with van der Waals surface area (Å²) in [6.07, 6.45) is 102. The van der Waals surface area contributed by atoms with Crippen molar-refractivity contribution in [3.8, 4) is 0 Å². The molecule has 0 heterocycles. The van der Waals surface area contributed by atoms with Crippen molar-refractivity contribution in [2.45, 2.75) is 489 Å². The van der Waals surface area contributed by atoms with E-state index in [1.54, 1.807) is 0 Å². The van der Waals surface area contributed by atoms with Crippen molar-refractivity contribution in [1.82, 2.24) is 0 Å². The van der Waals surface area contributed by atoms with E-state index in [1.807, 2.05) is 21.1 Å². The van der Waals surface area contributed by atoms with Crippen LogP contribution in [0, 0.1) is 0 Å². The van der Waals surface area contributed by atoms with Gasteiger partial charge < -0.3 is 28.5 Å². The van der Waals surface area contributed by atoms with E-state index in [9.17, 15) is 19.5 Å². The number of carboxylic acids is 1. The van der Waals surface area contributed by atoms with Crippen LogP contribution in [-0.2, 0) is 33.3 Å². The number of carboxylic acid groups (broad SMARTS) is 1. The van der Waals surface area contributed by atoms with Crippen molar-refractivity contribution in [1.29, 1.82) is 0 Å². The van der Waals surface area contributed by atoms with Crippen LogP contribution in [0.5, 0.6) is 0 Å². The Morgan fingerprint density at radius 2 is 0.545 bits per heavy atom. The first kappa shape index (κ1) is 96.8. The van der Waals surface area contributed by atoms with Crippen LogP contribution >= 0.6 is 0 Å². The normalized spacial score (nSPS) is 12.6. The zero-order chi connectivity index (χ0) is 71.8. The molecule has 586 valence electrons. The van der Waals surface area contributed by atoms with Crippen LogP contribution in [0.2, 0.25) is 0 Å². The number of rotatable bonds is 85. The number of allylic oxidation sites excluding steroid dienone is 4. The third kappa shape index (κ3) is 82.9. The smallest absolute Gasteiger partial charge is 0.361 e. The Kier molecular flexibility index (Phi) is 79.6. The number of likely N-dealkylation sites (N-methyl/N-ethyl adjacent to an activating group) is 1. The second kappa shape index (κ2) is 81.4. The molecule has 0 bridgehead atoms. The van der Waals surface area contributed by atoms with Gasteiger partial charge in [-0.3, -0.25) is 9.59 Å². The molecular formula is C90H174NO8+. The molecule has 0 aliphatic heterocycles. The van der Waals surface area contributed by atoms with E-state index in [0.29, 0.717) is 17.4 Å². The molecule has 0 aromatic carbocycles. The molecule has 2 unspecified atom stereocenters. The molecule has 0 aromatic rings. The fourth-order valence-corrected chi connectivity index (χ4v) is 13.9. The molecule has 1 N–H and O–H groups in total. The predicted molar refractivity (Wildman–Crippen MR) is 429 cm³/mol. The van der Waals surface area contributed by atoms with Crippen molar-refractivity contribution in [3.63, 3.8) is 0 Å². The summed E-state index contributed by atoms with van der Waals surface area (Å²) in [7, 11) is 6.01. The lowest BCUT2D eigenvalue weighted by Gasteiger charge is -2.25. The van der Waals surface area contributed by atoms with Gasteiger partial charge in [-0.15, -0.1) is 0 Å². The van der Waals surface area contributed by atoms with Gasteiger partial charge in [0.1, 0.15) is 13.2 Å². The fourth-order valence-electron chi connectivity index (χ4n) is 13.9. The average Bonchev–Trinajstić information content (AvgIpc) is 1.16. The molecule has 0 aliphatic rings. The molecule has 2 atom stereocenters. The van der Waals surface area contributed by atoms with Gasteiger partial charge >= 0.3 is 17.9 Å². The number of ether oxygens (including phenoxy) is 4. The van der Waals surface area contributed by atoms with E-state index in [-0.39, 0.29) is 38.2 Å². The summed E-state index contributed by atoms with van der Waals surface area (Å²) in [6.45, 7) is 4.97. The quantitative estimate of drug-likeness (QED) is 0.0211. The first-order chi connectivity index (χ1) is 48.6. The lowest BCUT2D eigenvalue weighted by molar-refractivity contribution is -0.870. The van der Waals surface area contributed by atoms with Gasteiger partial charge in [-0.25, -0.2) is 4.79 Å². The maximum absolute atomic E-state index is 13.0. The van der Waals surface area contributed by atoms with Gasteiger partial charge in [0, 0.05) is 12.8 Å². The van der Waals surface area contributed by atoms with Crippen LogP contribution in [0.15, 0.2) is 24.3 Å². The molecule has 0 saturated carbocycles. The molecule has 0 amide bonds. The maximum Gasteiger partial charge on any atom is 0.361 e. The van der Waals surface area contributed by atoms with Gasteiger partial charge in [-0.05, 0) is 44.9 Å². The number of esters is 2. The van der Waals surface area contributed by atoms with Gasteiger partial charge in [-0.1, -0.05) is 443 Å². The SMILES string of the molecule is CCCCCCC/C=C\C/C=C\CCCCCCCCCCCCCCCCCCCCCCCCCC(=O)OC(COC(=O)CCCCCCCCCCCCCCCCCCCCCCCCCCCCCCCCCCCCCCCCC)COC(OCC[N+](C)(C)C)C(=O)O. The van der Waals surface area contributed by atoms with Crippen LogP contribution in [0.1, 0.15) is 476 Å². The molecule has 99 heavy (non-hydrogen) atoms. The number of nitrogens with zero attached hydrogens (tertiary/aromatic N) is 1. The Bertz CT molecular complexity index is 1680. The number of aliphatic carboxylic acids is 1. The fraction of sp³-hybridized carbons (Fsp3) is 0.922. The van der Waals surface area contributed by atoms with E-state index in [0.717, 1.165) is 44.9 Å². The van der Waals surface area contributed by atoms with Crippen LogP contribution in [0.3, 0.4) is 0 Å². The highest BCUT2D eigenvalue weighted by Gasteiger charge is 2.25. The zero-order valence-electron chi connectivity index (χ0n) is 67.5. The van der Waals surface area contributed by atoms with Crippen molar-refractivity contribution in [2.24, 2.45) is 0 Å². The van der Waals surface area contributed by atoms with Gasteiger partial charge in [-0.2, -0.15) is 0 Å². The highest BCUT2D eigenvalue weighted by atomic mass is 16.7. The topological polar surface area (TPSA) is 108 Å². The van der Waals surface area contributed by atoms with Crippen LogP contribution in [0.25, 0.3) is 0 Å². The first-order valence-electron chi connectivity index (χ1n) is 44.5. The van der Waals surface area contributed by atoms with E-state index in [1.165, 1.54) is 405 Å². The third-order valence-corrected chi connectivity index (χ3v) is 20.7. The van der Waals surface area contributed by atoms with Gasteiger partial charge in [0.25, 0.3) is 6.29 Å². The van der Waals surface area contributed by atoms with E-state index >= 15 is 0 Å². The molecule has 0 aliphatic carbocycles. The molecule has 9 heteroatoms. The maximum atomic E-state index is 13.0. The van der Waals surface area contributed by atoms with Crippen LogP contribution in [0.4, 0.5) is 0 Å². The molecule has 0 fully saturated rings. The largest absolute Gasteiger partial charge is 0.477 e. The second-order valence-corrected chi connectivity index (χ2v) is 31.9. The van der Waals surface area contributed by atoms with Crippen LogP contribution < -0.4 is 0 Å². The second-order valence-electron chi connectivity index (χ2n) is 31.9. The molecular weight excluding hydrogens is 1220 g/mol. The predicted octanol–water partition coefficient (Wildman–Crippen LogP) is 28.8. The van der Waals surface area contributed by atoms with Crippen LogP contribution in [-0.4, -0.2) is 87.4 Å². The van der Waals surface area contributed by atoms with Crippen molar-refractivity contribution in [2.75, 3.05) is 47.5 Å². The summed E-state index contributed by atoms with van der Waals surface area (Å²) in [4.78, 5) is 37.8. The summed E-state index contributed by atoms with van der Waals surface area (Å²) in [5.41, 5.74) is 0. The molecule has 0 aromatic heterocycles. The molecule has 0 radical (unpaired) electrons. The zero-order valence-corrected chi connectivity index (χ0v) is 67.5. The number of carbonyl (C=O) groups excluding carboxylic acids is 2.